The number of nitrogens with two attached hydrogens (primary N) is 1. The zero-order chi connectivity index (χ0) is 15.9. The third-order valence-electron chi connectivity index (χ3n) is 3.30. The van der Waals surface area contributed by atoms with Crippen molar-refractivity contribution in [1.29, 1.82) is 0 Å². The van der Waals surface area contributed by atoms with E-state index in [4.69, 9.17) is 10.5 Å². The van der Waals surface area contributed by atoms with Crippen LogP contribution in [0.5, 0.6) is 0 Å². The first-order valence-electron chi connectivity index (χ1n) is 7.50. The number of amides is 3. The third kappa shape index (κ3) is 7.75. The molecule has 4 N–H and O–H groups in total. The average molecular weight is 300 g/mol. The Morgan fingerprint density at radius 3 is 2.38 bits per heavy atom. The molecule has 1 aliphatic heterocycles. The van der Waals surface area contributed by atoms with Gasteiger partial charge in [0.2, 0.25) is 0 Å². The van der Waals surface area contributed by atoms with E-state index in [9.17, 15) is 9.59 Å². The first-order valence-corrected chi connectivity index (χ1v) is 7.50. The van der Waals surface area contributed by atoms with Gasteiger partial charge in [-0.1, -0.05) is 0 Å². The Bertz CT molecular complexity index is 347. The standard InChI is InChI=1S/C14H28N4O3/c1-14(2,3)21-13(20)18-8-4-11(5-9-18)10-16-6-7-17-12(15)19/h11,16H,4-10H2,1-3H3,(H3,15,17,19). The van der Waals surface area contributed by atoms with Crippen molar-refractivity contribution in [2.24, 2.45) is 11.7 Å². The number of primary amides is 1. The fraction of sp³-hybridized carbons (Fsp3) is 0.857. The number of likely N-dealkylation sites (tertiary alicyclic amines) is 1. The van der Waals surface area contributed by atoms with E-state index < -0.39 is 11.6 Å². The number of hydrogen-bond donors (Lipinski definition) is 3. The molecule has 7 nitrogen and oxygen atoms in total. The summed E-state index contributed by atoms with van der Waals surface area (Å²) >= 11 is 0. The summed E-state index contributed by atoms with van der Waals surface area (Å²) < 4.78 is 5.37. The van der Waals surface area contributed by atoms with Gasteiger partial charge in [0.25, 0.3) is 0 Å². The van der Waals surface area contributed by atoms with E-state index in [1.807, 2.05) is 20.8 Å². The molecule has 0 unspecified atom stereocenters. The molecule has 3 amide bonds. The molecule has 0 saturated carbocycles. The number of nitrogens with zero attached hydrogens (tertiary/aromatic N) is 1. The minimum Gasteiger partial charge on any atom is -0.444 e. The van der Waals surface area contributed by atoms with Crippen LogP contribution in [0, 0.1) is 5.92 Å². The molecule has 0 aromatic rings. The summed E-state index contributed by atoms with van der Waals surface area (Å²) in [5, 5.41) is 5.82. The molecule has 1 rings (SSSR count). The lowest BCUT2D eigenvalue weighted by Gasteiger charge is -2.33. The van der Waals surface area contributed by atoms with Crippen LogP contribution in [-0.2, 0) is 4.74 Å². The maximum absolute atomic E-state index is 11.9. The number of nitrogens with one attached hydrogen (secondary N) is 2. The number of carbonyl (C=O) groups excluding carboxylic acids is 2. The van der Waals surface area contributed by atoms with Crippen LogP contribution in [0.4, 0.5) is 9.59 Å². The molecule has 1 aliphatic rings. The van der Waals surface area contributed by atoms with E-state index in [1.54, 1.807) is 4.90 Å². The lowest BCUT2D eigenvalue weighted by Crippen LogP contribution is -2.43. The summed E-state index contributed by atoms with van der Waals surface area (Å²) in [5.74, 6) is 0.553. The van der Waals surface area contributed by atoms with Gasteiger partial charge in [0.05, 0.1) is 0 Å². The van der Waals surface area contributed by atoms with Crippen LogP contribution < -0.4 is 16.4 Å². The second-order valence-electron chi connectivity index (χ2n) is 6.41. The van der Waals surface area contributed by atoms with Crippen molar-refractivity contribution < 1.29 is 14.3 Å². The van der Waals surface area contributed by atoms with Crippen LogP contribution in [-0.4, -0.2) is 55.3 Å². The van der Waals surface area contributed by atoms with Gasteiger partial charge in [0, 0.05) is 26.2 Å². The summed E-state index contributed by atoms with van der Waals surface area (Å²) in [6.45, 7) is 9.23. The molecule has 0 spiro atoms. The molecule has 21 heavy (non-hydrogen) atoms. The fourth-order valence-corrected chi connectivity index (χ4v) is 2.23. The van der Waals surface area contributed by atoms with Gasteiger partial charge >= 0.3 is 12.1 Å². The summed E-state index contributed by atoms with van der Waals surface area (Å²) in [7, 11) is 0. The molecule has 0 radical (unpaired) electrons. The van der Waals surface area contributed by atoms with Crippen LogP contribution in [0.3, 0.4) is 0 Å². The number of ether oxygens (including phenoxy) is 1. The predicted molar refractivity (Wildman–Crippen MR) is 81.0 cm³/mol. The molecule has 1 heterocycles. The van der Waals surface area contributed by atoms with Crippen molar-refractivity contribution in [2.45, 2.75) is 39.2 Å². The molecule has 7 heteroatoms. The van der Waals surface area contributed by atoms with E-state index in [1.165, 1.54) is 0 Å². The highest BCUT2D eigenvalue weighted by Gasteiger charge is 2.26. The molecule has 0 aromatic carbocycles. The number of rotatable bonds is 5. The maximum atomic E-state index is 11.9. The van der Waals surface area contributed by atoms with Crippen LogP contribution >= 0.6 is 0 Å². The predicted octanol–water partition coefficient (Wildman–Crippen LogP) is 0.891. The quantitative estimate of drug-likeness (QED) is 0.657. The van der Waals surface area contributed by atoms with Crippen molar-refractivity contribution in [3.05, 3.63) is 0 Å². The third-order valence-corrected chi connectivity index (χ3v) is 3.30. The Hall–Kier alpha value is -1.50. The van der Waals surface area contributed by atoms with E-state index in [0.717, 1.165) is 32.5 Å². The molecule has 1 fully saturated rings. The molecule has 0 aliphatic carbocycles. The van der Waals surface area contributed by atoms with Gasteiger partial charge in [0.1, 0.15) is 5.60 Å². The molecular formula is C14H28N4O3. The number of carbonyl (C=O) groups is 2. The summed E-state index contributed by atoms with van der Waals surface area (Å²) in [6, 6.07) is -0.498. The Kier molecular flexibility index (Phi) is 6.74. The summed E-state index contributed by atoms with van der Waals surface area (Å²) in [5.41, 5.74) is 4.54. The van der Waals surface area contributed by atoms with Gasteiger partial charge in [-0.25, -0.2) is 9.59 Å². The molecule has 122 valence electrons. The summed E-state index contributed by atoms with van der Waals surface area (Å²) in [4.78, 5) is 24.2. The first kappa shape index (κ1) is 17.6. The van der Waals surface area contributed by atoms with Gasteiger partial charge < -0.3 is 26.0 Å². The Labute approximate surface area is 126 Å². The second-order valence-corrected chi connectivity index (χ2v) is 6.41. The number of hydrogen-bond acceptors (Lipinski definition) is 4. The monoisotopic (exact) mass is 300 g/mol. The van der Waals surface area contributed by atoms with Gasteiger partial charge in [-0.2, -0.15) is 0 Å². The summed E-state index contributed by atoms with van der Waals surface area (Å²) in [6.07, 6.45) is 1.71. The van der Waals surface area contributed by atoms with Crippen molar-refractivity contribution >= 4 is 12.1 Å². The highest BCUT2D eigenvalue weighted by Crippen LogP contribution is 2.18. The van der Waals surface area contributed by atoms with Gasteiger partial charge in [-0.3, -0.25) is 0 Å². The second kappa shape index (κ2) is 8.07. The molecule has 1 saturated heterocycles. The van der Waals surface area contributed by atoms with Crippen LogP contribution in [0.2, 0.25) is 0 Å². The maximum Gasteiger partial charge on any atom is 0.410 e. The normalized spacial score (nSPS) is 16.6. The number of urea groups is 1. The van der Waals surface area contributed by atoms with Crippen molar-refractivity contribution in [1.82, 2.24) is 15.5 Å². The topological polar surface area (TPSA) is 96.7 Å². The lowest BCUT2D eigenvalue weighted by atomic mass is 9.97. The van der Waals surface area contributed by atoms with Crippen LogP contribution in [0.1, 0.15) is 33.6 Å². The highest BCUT2D eigenvalue weighted by atomic mass is 16.6. The molecule has 0 aromatic heterocycles. The van der Waals surface area contributed by atoms with Gasteiger partial charge in [0.15, 0.2) is 0 Å². The van der Waals surface area contributed by atoms with E-state index in [-0.39, 0.29) is 6.09 Å². The lowest BCUT2D eigenvalue weighted by molar-refractivity contribution is 0.0184. The Morgan fingerprint density at radius 2 is 1.86 bits per heavy atom. The van der Waals surface area contributed by atoms with E-state index >= 15 is 0 Å². The van der Waals surface area contributed by atoms with E-state index in [2.05, 4.69) is 10.6 Å². The molecule has 0 atom stereocenters. The Balaban J connectivity index is 2.14. The first-order chi connectivity index (χ1) is 9.78. The largest absolute Gasteiger partial charge is 0.444 e. The number of piperidine rings is 1. The highest BCUT2D eigenvalue weighted by molar-refractivity contribution is 5.71. The minimum absolute atomic E-state index is 0.223. The van der Waals surface area contributed by atoms with Crippen molar-refractivity contribution in [3.63, 3.8) is 0 Å². The average Bonchev–Trinajstić information content (AvgIpc) is 2.36. The minimum atomic E-state index is -0.498. The van der Waals surface area contributed by atoms with Crippen LogP contribution in [0.15, 0.2) is 0 Å². The van der Waals surface area contributed by atoms with Crippen molar-refractivity contribution in [2.75, 3.05) is 32.7 Å². The van der Waals surface area contributed by atoms with Crippen LogP contribution in [0.25, 0.3) is 0 Å². The zero-order valence-corrected chi connectivity index (χ0v) is 13.3. The van der Waals surface area contributed by atoms with Gasteiger partial charge in [-0.05, 0) is 46.1 Å². The van der Waals surface area contributed by atoms with Gasteiger partial charge in [-0.15, -0.1) is 0 Å². The SMILES string of the molecule is CC(C)(C)OC(=O)N1CCC(CNCCNC(N)=O)CC1. The zero-order valence-electron chi connectivity index (χ0n) is 13.3. The fourth-order valence-electron chi connectivity index (χ4n) is 2.23. The van der Waals surface area contributed by atoms with E-state index in [0.29, 0.717) is 19.0 Å². The van der Waals surface area contributed by atoms with Crippen molar-refractivity contribution in [3.8, 4) is 0 Å². The molecule has 0 bridgehead atoms. The Morgan fingerprint density at radius 1 is 1.24 bits per heavy atom. The smallest absolute Gasteiger partial charge is 0.410 e. The molecular weight excluding hydrogens is 272 g/mol.